The van der Waals surface area contributed by atoms with Crippen molar-refractivity contribution in [3.8, 4) is 0 Å². The maximum absolute atomic E-state index is 13.0. The van der Waals surface area contributed by atoms with Gasteiger partial charge in [0.2, 0.25) is 5.91 Å². The summed E-state index contributed by atoms with van der Waals surface area (Å²) in [5.41, 5.74) is 1.08. The molecule has 206 valence electrons. The first-order chi connectivity index (χ1) is 18.2. The molecule has 2 amide bonds. The van der Waals surface area contributed by atoms with Gasteiger partial charge in [0.05, 0.1) is 27.3 Å². The second kappa shape index (κ2) is 11.5. The number of alkyl halides is 5. The van der Waals surface area contributed by atoms with E-state index in [2.05, 4.69) is 10.6 Å². The second-order valence-corrected chi connectivity index (χ2v) is 12.8. The molecular formula is C25H16Cl5F3N2O3S. The molecule has 3 aromatic carbocycles. The average Bonchev–Trinajstić information content (AvgIpc) is 3.41. The van der Waals surface area contributed by atoms with E-state index in [9.17, 15) is 27.0 Å². The van der Waals surface area contributed by atoms with Crippen LogP contribution in [0.1, 0.15) is 21.8 Å². The zero-order valence-corrected chi connectivity index (χ0v) is 23.9. The van der Waals surface area contributed by atoms with Crippen molar-refractivity contribution < 1.29 is 27.0 Å². The fourth-order valence-electron chi connectivity index (χ4n) is 3.94. The molecule has 3 aromatic rings. The van der Waals surface area contributed by atoms with Gasteiger partial charge in [-0.3, -0.25) is 13.8 Å². The van der Waals surface area contributed by atoms with Crippen molar-refractivity contribution in [3.63, 3.8) is 0 Å². The van der Waals surface area contributed by atoms with Crippen molar-refractivity contribution in [1.29, 1.82) is 0 Å². The van der Waals surface area contributed by atoms with Crippen LogP contribution >= 0.6 is 58.0 Å². The normalized spacial score (nSPS) is 18.8. The van der Waals surface area contributed by atoms with Crippen LogP contribution in [-0.4, -0.2) is 32.3 Å². The van der Waals surface area contributed by atoms with E-state index in [1.165, 1.54) is 48.5 Å². The van der Waals surface area contributed by atoms with E-state index in [-0.39, 0.29) is 26.9 Å². The Morgan fingerprint density at radius 3 is 2.05 bits per heavy atom. The van der Waals surface area contributed by atoms with E-state index in [0.29, 0.717) is 15.6 Å². The molecule has 0 saturated heterocycles. The van der Waals surface area contributed by atoms with Gasteiger partial charge in [-0.15, -0.1) is 23.2 Å². The summed E-state index contributed by atoms with van der Waals surface area (Å²) in [5.74, 6) is -4.03. The number of anilines is 2. The van der Waals surface area contributed by atoms with E-state index in [1.54, 1.807) is 12.1 Å². The Balaban J connectivity index is 1.45. The molecule has 3 atom stereocenters. The topological polar surface area (TPSA) is 75.3 Å². The Morgan fingerprint density at radius 1 is 0.872 bits per heavy atom. The number of benzene rings is 3. The van der Waals surface area contributed by atoms with Gasteiger partial charge in [0.1, 0.15) is 10.1 Å². The summed E-state index contributed by atoms with van der Waals surface area (Å²) in [6, 6.07) is 14.1. The number of rotatable bonds is 7. The molecular weight excluding hydrogens is 643 g/mol. The van der Waals surface area contributed by atoms with Gasteiger partial charge in [-0.1, -0.05) is 34.8 Å². The van der Waals surface area contributed by atoms with Crippen LogP contribution in [0.3, 0.4) is 0 Å². The molecule has 4 rings (SSSR count). The first-order valence-corrected chi connectivity index (χ1v) is 14.2. The molecule has 0 bridgehead atoms. The number of nitrogens with one attached hydrogen (secondary N) is 2. The monoisotopic (exact) mass is 656 g/mol. The van der Waals surface area contributed by atoms with Crippen molar-refractivity contribution >= 4 is 92.0 Å². The Labute approximate surface area is 248 Å². The van der Waals surface area contributed by atoms with E-state index >= 15 is 0 Å². The van der Waals surface area contributed by atoms with Crippen LogP contribution in [0.25, 0.3) is 0 Å². The van der Waals surface area contributed by atoms with Crippen LogP contribution in [-0.2, 0) is 15.6 Å². The van der Waals surface area contributed by atoms with E-state index in [1.807, 2.05) is 0 Å². The molecule has 0 aliphatic heterocycles. The van der Waals surface area contributed by atoms with E-state index in [0.717, 1.165) is 0 Å². The molecule has 1 aliphatic carbocycles. The third-order valence-electron chi connectivity index (χ3n) is 5.73. The molecule has 1 fully saturated rings. The number of amides is 2. The molecule has 1 saturated carbocycles. The van der Waals surface area contributed by atoms with Crippen LogP contribution in [0, 0.1) is 5.92 Å². The van der Waals surface area contributed by atoms with Gasteiger partial charge in [0.25, 0.3) is 5.91 Å². The zero-order valence-electron chi connectivity index (χ0n) is 19.3. The fraction of sp³-hybridized carbons (Fsp3) is 0.200. The zero-order chi connectivity index (χ0) is 28.7. The largest absolute Gasteiger partial charge is 0.400 e. The van der Waals surface area contributed by atoms with Crippen molar-refractivity contribution in [2.75, 3.05) is 16.4 Å². The maximum atomic E-state index is 13.0. The van der Waals surface area contributed by atoms with Crippen molar-refractivity contribution in [1.82, 2.24) is 0 Å². The summed E-state index contributed by atoms with van der Waals surface area (Å²) in [6.45, 7) is 0. The second-order valence-electron chi connectivity index (χ2n) is 8.60. The van der Waals surface area contributed by atoms with Crippen LogP contribution in [0.5, 0.6) is 0 Å². The molecule has 2 N–H and O–H groups in total. The van der Waals surface area contributed by atoms with Crippen LogP contribution < -0.4 is 10.6 Å². The molecule has 1 aliphatic rings. The van der Waals surface area contributed by atoms with Gasteiger partial charge in [-0.25, -0.2) is 0 Å². The highest BCUT2D eigenvalue weighted by Crippen LogP contribution is 2.65. The minimum absolute atomic E-state index is 0.0103. The number of hydrogen-bond donors (Lipinski definition) is 2. The third-order valence-corrected chi connectivity index (χ3v) is 8.82. The first kappa shape index (κ1) is 30.0. The lowest BCUT2D eigenvalue weighted by molar-refractivity contribution is -0.117. The summed E-state index contributed by atoms with van der Waals surface area (Å²) in [6.07, 6.45) is -4.58. The predicted molar refractivity (Wildman–Crippen MR) is 149 cm³/mol. The number of halogens is 8. The van der Waals surface area contributed by atoms with Gasteiger partial charge in [0, 0.05) is 32.2 Å². The Kier molecular flexibility index (Phi) is 8.81. The maximum Gasteiger partial charge on any atom is 0.400 e. The summed E-state index contributed by atoms with van der Waals surface area (Å²) < 4.78 is 47.9. The average molecular weight is 659 g/mol. The molecule has 14 heteroatoms. The highest BCUT2D eigenvalue weighted by atomic mass is 35.5. The van der Waals surface area contributed by atoms with Gasteiger partial charge in [-0.2, -0.15) is 13.2 Å². The van der Waals surface area contributed by atoms with Crippen molar-refractivity contribution in [3.05, 3.63) is 86.9 Å². The van der Waals surface area contributed by atoms with Gasteiger partial charge in [-0.05, 0) is 66.2 Å². The lowest BCUT2D eigenvalue weighted by Crippen LogP contribution is -2.19. The number of carbonyl (C=O) groups excluding carboxylic acids is 2. The lowest BCUT2D eigenvalue weighted by Gasteiger charge is -2.11. The van der Waals surface area contributed by atoms with Crippen LogP contribution in [0.4, 0.5) is 24.5 Å². The van der Waals surface area contributed by atoms with Gasteiger partial charge < -0.3 is 10.6 Å². The van der Waals surface area contributed by atoms with Gasteiger partial charge in [0.15, 0.2) is 0 Å². The van der Waals surface area contributed by atoms with E-state index in [4.69, 9.17) is 58.0 Å². The standard InChI is InChI=1S/C25H16Cl5F3N2O3S/c26-13-7-12(8-14(27)9-13)20-21(25(20,29)30)23(37)35-16-3-6-19(28)18(10-16)22(36)34-15-1-4-17(5-2-15)39(38)11-24(31,32)33/h1-10,20-21H,11H2,(H,34,36)(H,35,37)/t20-,21+,39?/m1/s1. The van der Waals surface area contributed by atoms with Gasteiger partial charge >= 0.3 is 6.18 Å². The molecule has 0 spiro atoms. The smallest absolute Gasteiger partial charge is 0.326 e. The van der Waals surface area contributed by atoms with E-state index < -0.39 is 50.7 Å². The molecule has 0 radical (unpaired) electrons. The Morgan fingerprint density at radius 2 is 1.46 bits per heavy atom. The van der Waals surface area contributed by atoms with Crippen molar-refractivity contribution in [2.24, 2.45) is 5.92 Å². The fourth-order valence-corrected chi connectivity index (χ4v) is 6.42. The molecule has 0 aromatic heterocycles. The van der Waals surface area contributed by atoms with Crippen molar-refractivity contribution in [2.45, 2.75) is 21.3 Å². The highest BCUT2D eigenvalue weighted by Gasteiger charge is 2.67. The molecule has 5 nitrogen and oxygen atoms in total. The summed E-state index contributed by atoms with van der Waals surface area (Å²) in [4.78, 5) is 25.8. The van der Waals surface area contributed by atoms with Crippen LogP contribution in [0.15, 0.2) is 65.6 Å². The highest BCUT2D eigenvalue weighted by molar-refractivity contribution is 7.85. The Hall–Kier alpha value is -2.01. The first-order valence-electron chi connectivity index (χ1n) is 11.0. The molecule has 1 unspecified atom stereocenters. The lowest BCUT2D eigenvalue weighted by atomic mass is 10.1. The quantitative estimate of drug-likeness (QED) is 0.252. The van der Waals surface area contributed by atoms with Crippen LogP contribution in [0.2, 0.25) is 15.1 Å². The SMILES string of the molecule is O=C(Nc1ccc(S(=O)CC(F)(F)F)cc1)c1cc(NC(=O)[C@@H]2[C@@H](c3cc(Cl)cc(Cl)c3)C2(Cl)Cl)ccc1Cl. The summed E-state index contributed by atoms with van der Waals surface area (Å²) in [5, 5.41) is 6.04. The minimum Gasteiger partial charge on any atom is -0.326 e. The minimum atomic E-state index is -4.58. The number of carbonyl (C=O) groups is 2. The Bertz CT molecular complexity index is 1450. The molecule has 0 heterocycles. The predicted octanol–water partition coefficient (Wildman–Crippen LogP) is 8.10. The summed E-state index contributed by atoms with van der Waals surface area (Å²) in [7, 11) is -2.28. The number of hydrogen-bond acceptors (Lipinski definition) is 3. The third kappa shape index (κ3) is 7.20. The summed E-state index contributed by atoms with van der Waals surface area (Å²) >= 11 is 31.1. The molecule has 39 heavy (non-hydrogen) atoms.